The fourth-order valence-corrected chi connectivity index (χ4v) is 1.42. The summed E-state index contributed by atoms with van der Waals surface area (Å²) in [5, 5.41) is 6.54. The van der Waals surface area contributed by atoms with Crippen molar-refractivity contribution in [2.45, 2.75) is 39.3 Å². The monoisotopic (exact) mass is 279 g/mol. The minimum absolute atomic E-state index is 0.357. The molecule has 0 unspecified atom stereocenters. The van der Waals surface area contributed by atoms with E-state index >= 15 is 0 Å². The molecule has 6 heteroatoms. The van der Waals surface area contributed by atoms with Crippen LogP contribution in [0.1, 0.15) is 33.4 Å². The second-order valence-electron chi connectivity index (χ2n) is 5.48. The highest BCUT2D eigenvalue weighted by Gasteiger charge is 2.22. The van der Waals surface area contributed by atoms with Gasteiger partial charge in [-0.2, -0.15) is 5.10 Å². The molecule has 1 N–H and O–H groups in total. The number of hydrogen-bond donors (Lipinski definition) is 1. The SMILES string of the molecule is C[C@H](NC(=O)/C=C/c1ccnn1C)C(=O)OC(C)(C)C. The van der Waals surface area contributed by atoms with Gasteiger partial charge in [-0.15, -0.1) is 0 Å². The minimum Gasteiger partial charge on any atom is -0.458 e. The van der Waals surface area contributed by atoms with E-state index in [2.05, 4.69) is 10.4 Å². The van der Waals surface area contributed by atoms with Gasteiger partial charge in [-0.1, -0.05) is 0 Å². The molecule has 0 radical (unpaired) electrons. The predicted octanol–water partition coefficient (Wildman–Crippen LogP) is 1.28. The molecule has 110 valence electrons. The van der Waals surface area contributed by atoms with Gasteiger partial charge < -0.3 is 10.1 Å². The van der Waals surface area contributed by atoms with Gasteiger partial charge >= 0.3 is 5.97 Å². The number of carbonyl (C=O) groups excluding carboxylic acids is 2. The van der Waals surface area contributed by atoms with E-state index in [1.54, 1.807) is 57.8 Å². The van der Waals surface area contributed by atoms with Gasteiger partial charge in [0.25, 0.3) is 0 Å². The Balaban J connectivity index is 2.52. The van der Waals surface area contributed by atoms with Crippen LogP contribution >= 0.6 is 0 Å². The van der Waals surface area contributed by atoms with E-state index in [1.807, 2.05) is 0 Å². The van der Waals surface area contributed by atoms with E-state index in [1.165, 1.54) is 6.08 Å². The quantitative estimate of drug-likeness (QED) is 0.665. The van der Waals surface area contributed by atoms with Gasteiger partial charge in [-0.3, -0.25) is 9.48 Å². The molecule has 20 heavy (non-hydrogen) atoms. The first-order valence-electron chi connectivity index (χ1n) is 6.38. The Bertz CT molecular complexity index is 512. The molecular formula is C14H21N3O3. The van der Waals surface area contributed by atoms with E-state index < -0.39 is 17.6 Å². The highest BCUT2D eigenvalue weighted by molar-refractivity contribution is 5.94. The molecular weight excluding hydrogens is 258 g/mol. The van der Waals surface area contributed by atoms with Crippen LogP contribution in [-0.4, -0.2) is 33.3 Å². The Morgan fingerprint density at radius 2 is 2.10 bits per heavy atom. The molecule has 0 bridgehead atoms. The maximum atomic E-state index is 11.7. The van der Waals surface area contributed by atoms with Crippen molar-refractivity contribution in [2.75, 3.05) is 0 Å². The number of carbonyl (C=O) groups is 2. The topological polar surface area (TPSA) is 73.2 Å². The first-order valence-corrected chi connectivity index (χ1v) is 6.38. The van der Waals surface area contributed by atoms with Crippen molar-refractivity contribution in [2.24, 2.45) is 7.05 Å². The van der Waals surface area contributed by atoms with Crippen LogP contribution in [0.5, 0.6) is 0 Å². The Hall–Kier alpha value is -2.11. The molecule has 6 nitrogen and oxygen atoms in total. The molecule has 1 heterocycles. The van der Waals surface area contributed by atoms with Crippen molar-refractivity contribution in [1.82, 2.24) is 15.1 Å². The number of nitrogens with one attached hydrogen (secondary N) is 1. The van der Waals surface area contributed by atoms with E-state index in [0.717, 1.165) is 5.69 Å². The summed E-state index contributed by atoms with van der Waals surface area (Å²) < 4.78 is 6.82. The second kappa shape index (κ2) is 6.36. The highest BCUT2D eigenvalue weighted by atomic mass is 16.6. The lowest BCUT2D eigenvalue weighted by Crippen LogP contribution is -2.41. The van der Waals surface area contributed by atoms with Crippen LogP contribution in [0.3, 0.4) is 0 Å². The van der Waals surface area contributed by atoms with Crippen molar-refractivity contribution in [3.63, 3.8) is 0 Å². The molecule has 0 spiro atoms. The maximum absolute atomic E-state index is 11.7. The molecule has 0 fully saturated rings. The summed E-state index contributed by atoms with van der Waals surface area (Å²) in [4.78, 5) is 23.4. The highest BCUT2D eigenvalue weighted by Crippen LogP contribution is 2.08. The molecule has 0 saturated heterocycles. The standard InChI is InChI=1S/C14H21N3O3/c1-10(13(19)20-14(2,3)4)16-12(18)7-6-11-8-9-15-17(11)5/h6-10H,1-5H3,(H,16,18)/b7-6+/t10-/m0/s1. The van der Waals surface area contributed by atoms with Gasteiger partial charge in [-0.05, 0) is 39.8 Å². The molecule has 1 aromatic rings. The normalized spacial score (nSPS) is 13.2. The van der Waals surface area contributed by atoms with Crippen LogP contribution in [0.2, 0.25) is 0 Å². The van der Waals surface area contributed by atoms with E-state index in [9.17, 15) is 9.59 Å². The van der Waals surface area contributed by atoms with E-state index in [4.69, 9.17) is 4.74 Å². The van der Waals surface area contributed by atoms with E-state index in [-0.39, 0.29) is 5.91 Å². The average Bonchev–Trinajstić information content (AvgIpc) is 2.70. The molecule has 1 atom stereocenters. The Morgan fingerprint density at radius 3 is 2.60 bits per heavy atom. The Morgan fingerprint density at radius 1 is 1.45 bits per heavy atom. The van der Waals surface area contributed by atoms with Gasteiger partial charge in [0.2, 0.25) is 5.91 Å². The second-order valence-corrected chi connectivity index (χ2v) is 5.48. The fourth-order valence-electron chi connectivity index (χ4n) is 1.42. The minimum atomic E-state index is -0.696. The van der Waals surface area contributed by atoms with Gasteiger partial charge in [0.05, 0.1) is 5.69 Å². The molecule has 0 aliphatic heterocycles. The average molecular weight is 279 g/mol. The summed E-state index contributed by atoms with van der Waals surface area (Å²) in [6.45, 7) is 6.93. The van der Waals surface area contributed by atoms with Crippen LogP contribution < -0.4 is 5.32 Å². The van der Waals surface area contributed by atoms with Crippen LogP contribution in [0.4, 0.5) is 0 Å². The zero-order chi connectivity index (χ0) is 15.3. The zero-order valence-corrected chi connectivity index (χ0v) is 12.5. The smallest absolute Gasteiger partial charge is 0.328 e. The number of rotatable bonds is 4. The Kier molecular flexibility index (Phi) is 5.07. The van der Waals surface area contributed by atoms with Gasteiger partial charge in [0, 0.05) is 19.3 Å². The lowest BCUT2D eigenvalue weighted by molar-refractivity contribution is -0.157. The number of aromatic nitrogens is 2. The summed E-state index contributed by atoms with van der Waals surface area (Å²) in [7, 11) is 1.78. The van der Waals surface area contributed by atoms with Crippen LogP contribution in [0, 0.1) is 0 Å². The number of aryl methyl sites for hydroxylation is 1. The summed E-state index contributed by atoms with van der Waals surface area (Å²) >= 11 is 0. The molecule has 0 aliphatic carbocycles. The van der Waals surface area contributed by atoms with Crippen molar-refractivity contribution >= 4 is 18.0 Å². The fraction of sp³-hybridized carbons (Fsp3) is 0.500. The molecule has 0 saturated carbocycles. The lowest BCUT2D eigenvalue weighted by atomic mass is 10.2. The zero-order valence-electron chi connectivity index (χ0n) is 12.5. The molecule has 0 aliphatic rings. The largest absolute Gasteiger partial charge is 0.458 e. The number of hydrogen-bond acceptors (Lipinski definition) is 4. The van der Waals surface area contributed by atoms with Crippen molar-refractivity contribution in [3.8, 4) is 0 Å². The third kappa shape index (κ3) is 5.26. The molecule has 1 aromatic heterocycles. The number of ether oxygens (including phenoxy) is 1. The van der Waals surface area contributed by atoms with Gasteiger partial charge in [0.1, 0.15) is 11.6 Å². The van der Waals surface area contributed by atoms with Gasteiger partial charge in [-0.25, -0.2) is 4.79 Å². The van der Waals surface area contributed by atoms with Crippen molar-refractivity contribution in [1.29, 1.82) is 0 Å². The third-order valence-electron chi connectivity index (χ3n) is 2.38. The number of nitrogens with zero attached hydrogens (tertiary/aromatic N) is 2. The Labute approximate surface area is 118 Å². The first kappa shape index (κ1) is 15.9. The van der Waals surface area contributed by atoms with Crippen LogP contribution in [-0.2, 0) is 21.4 Å². The first-order chi connectivity index (χ1) is 9.19. The maximum Gasteiger partial charge on any atom is 0.328 e. The molecule has 1 rings (SSSR count). The molecule has 0 aromatic carbocycles. The van der Waals surface area contributed by atoms with Crippen LogP contribution in [0.15, 0.2) is 18.3 Å². The summed E-state index contributed by atoms with van der Waals surface area (Å²) in [6, 6.07) is 1.08. The summed E-state index contributed by atoms with van der Waals surface area (Å²) in [5.41, 5.74) is 0.228. The summed E-state index contributed by atoms with van der Waals surface area (Å²) in [5.74, 6) is -0.815. The lowest BCUT2D eigenvalue weighted by Gasteiger charge is -2.22. The van der Waals surface area contributed by atoms with Crippen LogP contribution in [0.25, 0.3) is 6.08 Å². The third-order valence-corrected chi connectivity index (χ3v) is 2.38. The van der Waals surface area contributed by atoms with E-state index in [0.29, 0.717) is 0 Å². The van der Waals surface area contributed by atoms with Gasteiger partial charge in [0.15, 0.2) is 0 Å². The number of esters is 1. The summed E-state index contributed by atoms with van der Waals surface area (Å²) in [6.07, 6.45) is 4.63. The molecule has 1 amide bonds. The van der Waals surface area contributed by atoms with Crippen molar-refractivity contribution < 1.29 is 14.3 Å². The number of amides is 1. The van der Waals surface area contributed by atoms with Crippen molar-refractivity contribution in [3.05, 3.63) is 24.0 Å². The predicted molar refractivity (Wildman–Crippen MR) is 75.7 cm³/mol.